The predicted octanol–water partition coefficient (Wildman–Crippen LogP) is 1.39. The lowest BCUT2D eigenvalue weighted by Gasteiger charge is -2.24. The van der Waals surface area contributed by atoms with E-state index in [1.807, 2.05) is 7.05 Å². The van der Waals surface area contributed by atoms with Gasteiger partial charge in [0.1, 0.15) is 5.82 Å². The number of rotatable bonds is 3. The summed E-state index contributed by atoms with van der Waals surface area (Å²) in [5.74, 6) is 1.17. The van der Waals surface area contributed by atoms with Crippen LogP contribution in [0.5, 0.6) is 0 Å². The molecule has 0 amide bonds. The minimum atomic E-state index is 0.632. The van der Waals surface area contributed by atoms with Gasteiger partial charge in [-0.2, -0.15) is 0 Å². The minimum absolute atomic E-state index is 0.632. The number of fused-ring (bicyclic) bond motifs is 1. The van der Waals surface area contributed by atoms with Gasteiger partial charge in [0.25, 0.3) is 0 Å². The van der Waals surface area contributed by atoms with Gasteiger partial charge in [0.2, 0.25) is 0 Å². The molecule has 4 heteroatoms. The van der Waals surface area contributed by atoms with Crippen molar-refractivity contribution in [1.82, 2.24) is 15.6 Å². The number of pyridine rings is 1. The van der Waals surface area contributed by atoms with E-state index in [2.05, 4.69) is 28.5 Å². The summed E-state index contributed by atoms with van der Waals surface area (Å²) in [5, 5.41) is 6.66. The molecule has 4 nitrogen and oxygen atoms in total. The first-order chi connectivity index (χ1) is 8.79. The summed E-state index contributed by atoms with van der Waals surface area (Å²) >= 11 is 0. The van der Waals surface area contributed by atoms with Crippen molar-refractivity contribution in [2.45, 2.75) is 45.4 Å². The molecular formula is C14H22N4. The van der Waals surface area contributed by atoms with Crippen molar-refractivity contribution < 1.29 is 0 Å². The number of nitrogens with one attached hydrogen (secondary N) is 2. The molecule has 2 aliphatic heterocycles. The molecule has 0 aliphatic carbocycles. The molecule has 1 aromatic heterocycles. The minimum Gasteiger partial charge on any atom is -0.354 e. The molecule has 3 heterocycles. The Bertz CT molecular complexity index is 444. The van der Waals surface area contributed by atoms with Crippen LogP contribution in [0, 0.1) is 0 Å². The summed E-state index contributed by atoms with van der Waals surface area (Å²) in [6.45, 7) is 6.27. The van der Waals surface area contributed by atoms with Crippen molar-refractivity contribution in [3.63, 3.8) is 0 Å². The molecule has 0 bridgehead atoms. The Hall–Kier alpha value is -1.13. The van der Waals surface area contributed by atoms with Crippen molar-refractivity contribution >= 4 is 5.82 Å². The molecule has 0 unspecified atom stereocenters. The third kappa shape index (κ3) is 1.99. The first kappa shape index (κ1) is 11.9. The third-order valence-corrected chi connectivity index (χ3v) is 4.10. The molecule has 98 valence electrons. The lowest BCUT2D eigenvalue weighted by atomic mass is 10.1. The quantitative estimate of drug-likeness (QED) is 0.845. The molecule has 2 N–H and O–H groups in total. The smallest absolute Gasteiger partial charge is 0.129 e. The maximum atomic E-state index is 4.89. The maximum Gasteiger partial charge on any atom is 0.129 e. The molecule has 2 aliphatic rings. The maximum absolute atomic E-state index is 4.89. The van der Waals surface area contributed by atoms with Gasteiger partial charge in [-0.3, -0.25) is 0 Å². The normalized spacial score (nSPS) is 22.6. The van der Waals surface area contributed by atoms with Gasteiger partial charge in [0, 0.05) is 32.2 Å². The van der Waals surface area contributed by atoms with E-state index in [4.69, 9.17) is 4.98 Å². The summed E-state index contributed by atoms with van der Waals surface area (Å²) in [7, 11) is 1.99. The van der Waals surface area contributed by atoms with Crippen LogP contribution >= 0.6 is 0 Å². The van der Waals surface area contributed by atoms with Crippen LogP contribution in [0.1, 0.15) is 36.6 Å². The van der Waals surface area contributed by atoms with Gasteiger partial charge in [-0.25, -0.2) is 4.98 Å². The van der Waals surface area contributed by atoms with Crippen LogP contribution < -0.4 is 15.5 Å². The van der Waals surface area contributed by atoms with Crippen LogP contribution in [-0.2, 0) is 19.6 Å². The summed E-state index contributed by atoms with van der Waals surface area (Å²) in [6.07, 6.45) is 2.58. The number of nitrogens with zero attached hydrogens (tertiary/aromatic N) is 2. The van der Waals surface area contributed by atoms with Crippen molar-refractivity contribution in [1.29, 1.82) is 0 Å². The van der Waals surface area contributed by atoms with Gasteiger partial charge in [-0.1, -0.05) is 0 Å². The van der Waals surface area contributed by atoms with E-state index in [0.29, 0.717) is 6.04 Å². The van der Waals surface area contributed by atoms with E-state index in [1.165, 1.54) is 35.5 Å². The summed E-state index contributed by atoms with van der Waals surface area (Å²) in [4.78, 5) is 7.35. The van der Waals surface area contributed by atoms with Crippen LogP contribution in [0.4, 0.5) is 5.82 Å². The molecule has 0 saturated carbocycles. The molecule has 1 aromatic rings. The van der Waals surface area contributed by atoms with Crippen molar-refractivity contribution in [2.75, 3.05) is 18.5 Å². The molecule has 1 saturated heterocycles. The molecule has 0 spiro atoms. The van der Waals surface area contributed by atoms with Crippen LogP contribution in [-0.4, -0.2) is 24.6 Å². The standard InChI is InChI=1S/C14H22N4/c1-10-4-3-5-18(10)14-6-11-7-16-8-12(11)13(17-14)9-15-2/h6,10,15-16H,3-5,7-9H2,1-2H3/t10-/m1/s1. The van der Waals surface area contributed by atoms with E-state index in [9.17, 15) is 0 Å². The first-order valence-corrected chi connectivity index (χ1v) is 6.93. The summed E-state index contributed by atoms with van der Waals surface area (Å²) in [6, 6.07) is 2.92. The average Bonchev–Trinajstić information content (AvgIpc) is 2.97. The lowest BCUT2D eigenvalue weighted by Crippen LogP contribution is -2.28. The molecule has 0 radical (unpaired) electrons. The molecule has 1 fully saturated rings. The van der Waals surface area contributed by atoms with E-state index >= 15 is 0 Å². The van der Waals surface area contributed by atoms with Gasteiger partial charge in [-0.15, -0.1) is 0 Å². The second-order valence-electron chi connectivity index (χ2n) is 5.38. The molecule has 3 rings (SSSR count). The highest BCUT2D eigenvalue weighted by atomic mass is 15.2. The SMILES string of the molecule is CNCc1nc(N2CCC[C@H]2C)cc2c1CNC2. The largest absolute Gasteiger partial charge is 0.354 e. The van der Waals surface area contributed by atoms with Gasteiger partial charge in [-0.05, 0) is 44.0 Å². The summed E-state index contributed by atoms with van der Waals surface area (Å²) in [5.41, 5.74) is 4.05. The highest BCUT2D eigenvalue weighted by molar-refractivity contribution is 5.49. The van der Waals surface area contributed by atoms with Crippen LogP contribution in [0.2, 0.25) is 0 Å². The van der Waals surface area contributed by atoms with Crippen LogP contribution in [0.3, 0.4) is 0 Å². The Kier molecular flexibility index (Phi) is 3.22. The van der Waals surface area contributed by atoms with Gasteiger partial charge in [0.15, 0.2) is 0 Å². The van der Waals surface area contributed by atoms with E-state index in [-0.39, 0.29) is 0 Å². The second kappa shape index (κ2) is 4.86. The Labute approximate surface area is 109 Å². The Morgan fingerprint density at radius 2 is 2.39 bits per heavy atom. The molecule has 0 aromatic carbocycles. The van der Waals surface area contributed by atoms with Crippen molar-refractivity contribution in [2.24, 2.45) is 0 Å². The van der Waals surface area contributed by atoms with E-state index in [1.54, 1.807) is 0 Å². The number of hydrogen-bond donors (Lipinski definition) is 2. The Balaban J connectivity index is 1.97. The van der Waals surface area contributed by atoms with Crippen molar-refractivity contribution in [3.05, 3.63) is 22.9 Å². The van der Waals surface area contributed by atoms with Gasteiger partial charge < -0.3 is 15.5 Å². The topological polar surface area (TPSA) is 40.2 Å². The highest BCUT2D eigenvalue weighted by Gasteiger charge is 2.24. The highest BCUT2D eigenvalue weighted by Crippen LogP contribution is 2.28. The third-order valence-electron chi connectivity index (χ3n) is 4.10. The van der Waals surface area contributed by atoms with E-state index in [0.717, 1.165) is 26.2 Å². The van der Waals surface area contributed by atoms with Gasteiger partial charge >= 0.3 is 0 Å². The number of hydrogen-bond acceptors (Lipinski definition) is 4. The first-order valence-electron chi connectivity index (χ1n) is 6.93. The van der Waals surface area contributed by atoms with Crippen molar-refractivity contribution in [3.8, 4) is 0 Å². The zero-order chi connectivity index (χ0) is 12.5. The monoisotopic (exact) mass is 246 g/mol. The fourth-order valence-corrected chi connectivity index (χ4v) is 3.10. The van der Waals surface area contributed by atoms with Crippen LogP contribution in [0.25, 0.3) is 0 Å². The average molecular weight is 246 g/mol. The zero-order valence-corrected chi connectivity index (χ0v) is 11.3. The number of aromatic nitrogens is 1. The van der Waals surface area contributed by atoms with Gasteiger partial charge in [0.05, 0.1) is 5.69 Å². The number of anilines is 1. The van der Waals surface area contributed by atoms with Crippen LogP contribution in [0.15, 0.2) is 6.07 Å². The second-order valence-corrected chi connectivity index (χ2v) is 5.38. The fraction of sp³-hybridized carbons (Fsp3) is 0.643. The Morgan fingerprint density at radius 1 is 1.50 bits per heavy atom. The zero-order valence-electron chi connectivity index (χ0n) is 11.3. The predicted molar refractivity (Wildman–Crippen MR) is 73.6 cm³/mol. The van der Waals surface area contributed by atoms with E-state index < -0.39 is 0 Å². The molecule has 18 heavy (non-hydrogen) atoms. The molecule has 1 atom stereocenters. The molecular weight excluding hydrogens is 224 g/mol. The summed E-state index contributed by atoms with van der Waals surface area (Å²) < 4.78 is 0. The Morgan fingerprint density at radius 3 is 3.11 bits per heavy atom. The fourth-order valence-electron chi connectivity index (χ4n) is 3.10. The lowest BCUT2D eigenvalue weighted by molar-refractivity contribution is 0.716.